The van der Waals surface area contributed by atoms with Crippen molar-refractivity contribution in [3.63, 3.8) is 0 Å². The van der Waals surface area contributed by atoms with Gasteiger partial charge in [-0.05, 0) is 11.6 Å². The van der Waals surface area contributed by atoms with Crippen LogP contribution in [0, 0.1) is 0 Å². The van der Waals surface area contributed by atoms with E-state index in [1.165, 1.54) is 12.5 Å². The molecule has 92 valence electrons. The molecule has 0 saturated carbocycles. The summed E-state index contributed by atoms with van der Waals surface area (Å²) >= 11 is 5.85. The number of carbonyl (C=O) groups is 1. The smallest absolute Gasteiger partial charge is 0.302 e. The van der Waals surface area contributed by atoms with E-state index in [2.05, 4.69) is 9.88 Å². The lowest BCUT2D eigenvalue weighted by Crippen LogP contribution is -2.34. The fourth-order valence-electron chi connectivity index (χ4n) is 1.96. The summed E-state index contributed by atoms with van der Waals surface area (Å²) in [7, 11) is 0. The highest BCUT2D eigenvalue weighted by molar-refractivity contribution is 6.29. The minimum absolute atomic E-state index is 0.226. The molecule has 1 aromatic rings. The summed E-state index contributed by atoms with van der Waals surface area (Å²) in [6.07, 6.45) is 0.899. The first-order valence-electron chi connectivity index (χ1n) is 5.65. The summed E-state index contributed by atoms with van der Waals surface area (Å²) in [5.74, 6) is -0.226. The second-order valence-electron chi connectivity index (χ2n) is 4.11. The van der Waals surface area contributed by atoms with Crippen LogP contribution in [0.15, 0.2) is 12.1 Å². The number of aromatic nitrogens is 1. The third-order valence-electron chi connectivity index (χ3n) is 2.81. The Morgan fingerprint density at radius 1 is 1.59 bits per heavy atom. The Morgan fingerprint density at radius 3 is 3.18 bits per heavy atom. The van der Waals surface area contributed by atoms with Gasteiger partial charge in [-0.1, -0.05) is 17.7 Å². The predicted octanol–water partition coefficient (Wildman–Crippen LogP) is 1.66. The van der Waals surface area contributed by atoms with E-state index in [-0.39, 0.29) is 5.97 Å². The standard InChI is InChI=1S/C12H15ClN2O2/c1-9(16)17-7-6-15-5-4-11-10(8-15)2-3-12(13)14-11/h2-3H,4-8H2,1H3. The maximum atomic E-state index is 10.7. The highest BCUT2D eigenvalue weighted by Gasteiger charge is 2.17. The number of nitrogens with zero attached hydrogens (tertiary/aromatic N) is 2. The van der Waals surface area contributed by atoms with E-state index in [9.17, 15) is 4.79 Å². The van der Waals surface area contributed by atoms with Gasteiger partial charge in [0.25, 0.3) is 0 Å². The molecule has 0 unspecified atom stereocenters. The van der Waals surface area contributed by atoms with Gasteiger partial charge in [-0.15, -0.1) is 0 Å². The minimum Gasteiger partial charge on any atom is -0.465 e. The molecule has 1 aromatic heterocycles. The van der Waals surface area contributed by atoms with Crippen molar-refractivity contribution in [3.05, 3.63) is 28.5 Å². The average molecular weight is 255 g/mol. The Morgan fingerprint density at radius 2 is 2.41 bits per heavy atom. The Kier molecular flexibility index (Phi) is 3.97. The zero-order chi connectivity index (χ0) is 12.3. The van der Waals surface area contributed by atoms with E-state index in [4.69, 9.17) is 16.3 Å². The van der Waals surface area contributed by atoms with Gasteiger partial charge in [-0.2, -0.15) is 0 Å². The minimum atomic E-state index is -0.226. The number of halogens is 1. The third-order valence-corrected chi connectivity index (χ3v) is 3.02. The molecule has 0 N–H and O–H groups in total. The first kappa shape index (κ1) is 12.3. The average Bonchev–Trinajstić information content (AvgIpc) is 2.29. The van der Waals surface area contributed by atoms with Crippen molar-refractivity contribution in [1.29, 1.82) is 0 Å². The molecule has 0 bridgehead atoms. The van der Waals surface area contributed by atoms with Crippen LogP contribution in [0.5, 0.6) is 0 Å². The molecule has 2 heterocycles. The SMILES string of the molecule is CC(=O)OCCN1CCc2nc(Cl)ccc2C1. The number of fused-ring (bicyclic) bond motifs is 1. The fourth-order valence-corrected chi connectivity index (χ4v) is 2.12. The van der Waals surface area contributed by atoms with E-state index in [0.29, 0.717) is 11.8 Å². The second kappa shape index (κ2) is 5.47. The molecule has 0 amide bonds. The molecule has 0 spiro atoms. The van der Waals surface area contributed by atoms with Gasteiger partial charge in [0.1, 0.15) is 11.8 Å². The number of rotatable bonds is 3. The Bertz CT molecular complexity index is 423. The number of carbonyl (C=O) groups excluding carboxylic acids is 1. The molecule has 0 aliphatic carbocycles. The lowest BCUT2D eigenvalue weighted by atomic mass is 10.1. The number of pyridine rings is 1. The molecule has 0 aromatic carbocycles. The quantitative estimate of drug-likeness (QED) is 0.608. The van der Waals surface area contributed by atoms with Crippen molar-refractivity contribution in [2.45, 2.75) is 19.9 Å². The Hall–Kier alpha value is -1.13. The summed E-state index contributed by atoms with van der Waals surface area (Å²) in [4.78, 5) is 17.2. The monoisotopic (exact) mass is 254 g/mol. The van der Waals surface area contributed by atoms with Crippen LogP contribution >= 0.6 is 11.6 Å². The van der Waals surface area contributed by atoms with Gasteiger partial charge in [0, 0.05) is 38.7 Å². The molecule has 1 aliphatic heterocycles. The first-order chi connectivity index (χ1) is 8.15. The van der Waals surface area contributed by atoms with Gasteiger partial charge >= 0.3 is 5.97 Å². The maximum Gasteiger partial charge on any atom is 0.302 e. The largest absolute Gasteiger partial charge is 0.465 e. The van der Waals surface area contributed by atoms with Crippen LogP contribution in [0.25, 0.3) is 0 Å². The van der Waals surface area contributed by atoms with Crippen LogP contribution in [0.1, 0.15) is 18.2 Å². The highest BCUT2D eigenvalue weighted by atomic mass is 35.5. The number of esters is 1. The number of ether oxygens (including phenoxy) is 1. The van der Waals surface area contributed by atoms with Crippen molar-refractivity contribution < 1.29 is 9.53 Å². The van der Waals surface area contributed by atoms with Gasteiger partial charge in [-0.25, -0.2) is 4.98 Å². The summed E-state index contributed by atoms with van der Waals surface area (Å²) in [6.45, 7) is 4.42. The van der Waals surface area contributed by atoms with Gasteiger partial charge in [0.2, 0.25) is 0 Å². The van der Waals surface area contributed by atoms with Crippen molar-refractivity contribution in [1.82, 2.24) is 9.88 Å². The number of hydrogen-bond acceptors (Lipinski definition) is 4. The molecule has 0 radical (unpaired) electrons. The van der Waals surface area contributed by atoms with Gasteiger partial charge in [0.05, 0.1) is 0 Å². The van der Waals surface area contributed by atoms with Crippen molar-refractivity contribution in [2.24, 2.45) is 0 Å². The van der Waals surface area contributed by atoms with Crippen molar-refractivity contribution >= 4 is 17.6 Å². The van der Waals surface area contributed by atoms with E-state index < -0.39 is 0 Å². The zero-order valence-corrected chi connectivity index (χ0v) is 10.5. The summed E-state index contributed by atoms with van der Waals surface area (Å²) in [5, 5.41) is 0.553. The summed E-state index contributed by atoms with van der Waals surface area (Å²) < 4.78 is 4.93. The second-order valence-corrected chi connectivity index (χ2v) is 4.49. The summed E-state index contributed by atoms with van der Waals surface area (Å²) in [5.41, 5.74) is 2.30. The highest BCUT2D eigenvalue weighted by Crippen LogP contribution is 2.19. The van der Waals surface area contributed by atoms with E-state index in [1.54, 1.807) is 0 Å². The molecule has 1 aliphatic rings. The number of hydrogen-bond donors (Lipinski definition) is 0. The topological polar surface area (TPSA) is 42.4 Å². The van der Waals surface area contributed by atoms with E-state index in [1.807, 2.05) is 12.1 Å². The first-order valence-corrected chi connectivity index (χ1v) is 6.03. The zero-order valence-electron chi connectivity index (χ0n) is 9.78. The van der Waals surface area contributed by atoms with Gasteiger partial charge in [-0.3, -0.25) is 9.69 Å². The summed E-state index contributed by atoms with van der Waals surface area (Å²) in [6, 6.07) is 3.83. The predicted molar refractivity (Wildman–Crippen MR) is 64.9 cm³/mol. The van der Waals surface area contributed by atoms with E-state index in [0.717, 1.165) is 31.7 Å². The van der Waals surface area contributed by atoms with Crippen LogP contribution in [0.3, 0.4) is 0 Å². The lowest BCUT2D eigenvalue weighted by Gasteiger charge is -2.27. The Balaban J connectivity index is 1.90. The maximum absolute atomic E-state index is 10.7. The van der Waals surface area contributed by atoms with Gasteiger partial charge in [0.15, 0.2) is 0 Å². The van der Waals surface area contributed by atoms with Crippen LogP contribution in [-0.4, -0.2) is 35.5 Å². The van der Waals surface area contributed by atoms with Crippen molar-refractivity contribution in [3.8, 4) is 0 Å². The molecular formula is C12H15ClN2O2. The van der Waals surface area contributed by atoms with Crippen LogP contribution in [-0.2, 0) is 22.5 Å². The normalized spacial score (nSPS) is 15.4. The van der Waals surface area contributed by atoms with Crippen LogP contribution in [0.2, 0.25) is 5.15 Å². The third kappa shape index (κ3) is 3.41. The molecule has 2 rings (SSSR count). The molecule has 0 atom stereocenters. The van der Waals surface area contributed by atoms with Gasteiger partial charge < -0.3 is 4.74 Å². The molecule has 4 nitrogen and oxygen atoms in total. The Labute approximate surface area is 106 Å². The lowest BCUT2D eigenvalue weighted by molar-refractivity contribution is -0.141. The molecule has 5 heteroatoms. The van der Waals surface area contributed by atoms with Crippen LogP contribution < -0.4 is 0 Å². The van der Waals surface area contributed by atoms with Crippen LogP contribution in [0.4, 0.5) is 0 Å². The van der Waals surface area contributed by atoms with Crippen molar-refractivity contribution in [2.75, 3.05) is 19.7 Å². The fraction of sp³-hybridized carbons (Fsp3) is 0.500. The molecule has 17 heavy (non-hydrogen) atoms. The van der Waals surface area contributed by atoms with E-state index >= 15 is 0 Å². The molecular weight excluding hydrogens is 240 g/mol. The molecule has 0 saturated heterocycles. The molecule has 0 fully saturated rings.